The molecule has 13 rings (SSSR count). The highest BCUT2D eigenvalue weighted by molar-refractivity contribution is 7.20. The van der Waals surface area contributed by atoms with Gasteiger partial charge in [-0.1, -0.05) is 253 Å². The summed E-state index contributed by atoms with van der Waals surface area (Å²) in [7, 11) is -5.95. The van der Waals surface area contributed by atoms with Crippen molar-refractivity contribution in [3.63, 3.8) is 0 Å². The van der Waals surface area contributed by atoms with E-state index in [0.717, 1.165) is 39.3 Å². The van der Waals surface area contributed by atoms with Crippen LogP contribution >= 0.6 is 0 Å². The third-order valence-electron chi connectivity index (χ3n) is 17.2. The molecule has 88 heavy (non-hydrogen) atoms. The van der Waals surface area contributed by atoms with Crippen LogP contribution in [0.4, 0.5) is 17.1 Å². The minimum atomic E-state index is -2.98. The highest BCUT2D eigenvalue weighted by Crippen LogP contribution is 2.36. The van der Waals surface area contributed by atoms with Crippen molar-refractivity contribution in [3.05, 3.63) is 308 Å². The van der Waals surface area contributed by atoms with Crippen LogP contribution in [0.15, 0.2) is 300 Å². The van der Waals surface area contributed by atoms with Gasteiger partial charge in [0.1, 0.15) is 0 Å². The maximum atomic E-state index is 6.38. The lowest BCUT2D eigenvalue weighted by molar-refractivity contribution is 0.582. The zero-order valence-electron chi connectivity index (χ0n) is 50.8. The molecule has 0 saturated carbocycles. The summed E-state index contributed by atoms with van der Waals surface area (Å²) in [6.07, 6.45) is 0. The van der Waals surface area contributed by atoms with Crippen LogP contribution < -0.4 is 46.4 Å². The lowest BCUT2D eigenvalue weighted by Gasteiger charge is -2.35. The molecule has 0 radical (unpaired) electrons. The van der Waals surface area contributed by atoms with Crippen LogP contribution in [0.2, 0.25) is 0 Å². The van der Waals surface area contributed by atoms with E-state index in [-0.39, 0.29) is 10.8 Å². The highest BCUT2D eigenvalue weighted by atomic mass is 28.3. The molecule has 0 N–H and O–H groups in total. The molecule has 0 aliphatic rings. The van der Waals surface area contributed by atoms with Gasteiger partial charge in [0.2, 0.25) is 23.6 Å². The van der Waals surface area contributed by atoms with Crippen LogP contribution in [0.25, 0.3) is 45.8 Å². The Balaban J connectivity index is 0.880. The van der Waals surface area contributed by atoms with Gasteiger partial charge in [0.15, 0.2) is 16.1 Å². The number of anilines is 3. The van der Waals surface area contributed by atoms with Crippen molar-refractivity contribution in [1.82, 2.24) is 20.4 Å². The number of hydrogen-bond donors (Lipinski definition) is 0. The maximum Gasteiger partial charge on any atom is 0.248 e. The summed E-state index contributed by atoms with van der Waals surface area (Å²) in [5.74, 6) is 1.97. The van der Waals surface area contributed by atoms with Gasteiger partial charge in [-0.05, 0) is 155 Å². The van der Waals surface area contributed by atoms with Gasteiger partial charge >= 0.3 is 0 Å². The second-order valence-electron chi connectivity index (χ2n) is 24.9. The molecule has 0 amide bonds. The number of nitrogens with zero attached hydrogens (tertiary/aromatic N) is 5. The van der Waals surface area contributed by atoms with Crippen molar-refractivity contribution < 1.29 is 8.83 Å². The van der Waals surface area contributed by atoms with Crippen LogP contribution in [-0.2, 0) is 10.8 Å². The first-order valence-electron chi connectivity index (χ1n) is 30.2. The minimum Gasteiger partial charge on any atom is -0.416 e. The van der Waals surface area contributed by atoms with Crippen molar-refractivity contribution in [2.45, 2.75) is 59.3 Å². The molecule has 430 valence electrons. The Bertz CT molecular complexity index is 4100. The summed E-state index contributed by atoms with van der Waals surface area (Å²) in [4.78, 5) is 2.38. The van der Waals surface area contributed by atoms with E-state index in [9.17, 15) is 0 Å². The molecule has 11 aromatic carbocycles. The Hall–Kier alpha value is -10.1. The third-order valence-corrected chi connectivity index (χ3v) is 26.8. The van der Waals surface area contributed by atoms with E-state index in [1.54, 1.807) is 0 Å². The fourth-order valence-electron chi connectivity index (χ4n) is 12.5. The Labute approximate surface area is 518 Å². The smallest absolute Gasteiger partial charge is 0.248 e. The molecule has 0 fully saturated rings. The van der Waals surface area contributed by atoms with Crippen molar-refractivity contribution in [3.8, 4) is 45.8 Å². The first-order chi connectivity index (χ1) is 42.8. The molecule has 7 nitrogen and oxygen atoms in total. The third kappa shape index (κ3) is 10.9. The summed E-state index contributed by atoms with van der Waals surface area (Å²) in [6, 6.07) is 106. The molecule has 0 aliphatic heterocycles. The number of rotatable bonds is 15. The Kier molecular flexibility index (Phi) is 15.3. The van der Waals surface area contributed by atoms with Gasteiger partial charge in [-0.3, -0.25) is 0 Å². The van der Waals surface area contributed by atoms with Gasteiger partial charge in [-0.15, -0.1) is 20.4 Å². The van der Waals surface area contributed by atoms with Crippen LogP contribution in [-0.4, -0.2) is 36.5 Å². The summed E-state index contributed by atoms with van der Waals surface area (Å²) < 4.78 is 12.8. The monoisotopic (exact) mass is 1180 g/mol. The Morgan fingerprint density at radius 2 is 0.477 bits per heavy atom. The summed E-state index contributed by atoms with van der Waals surface area (Å²) in [5.41, 5.74) is 10.5. The zero-order chi connectivity index (χ0) is 60.5. The van der Waals surface area contributed by atoms with Crippen molar-refractivity contribution in [2.24, 2.45) is 0 Å². The predicted molar refractivity (Wildman–Crippen MR) is 368 cm³/mol. The molecule has 0 saturated heterocycles. The SMILES string of the molecule is Cc1ccc(N(c2ccc([Si](c3ccccc3)(c3ccccc3)c3ccc(-c4nnc(-c5ccc(C(C)(C)C)cc5)o4)cc3)cc2)c2ccc([Si](c3ccccc3)(c3ccccc3)c3ccc(-c4nnc(-c5ccc(C(C)(C)C)cc5)o4)cc3)cc2)cc1. The first kappa shape index (κ1) is 57.0. The molecular formula is C79H69N5O2Si2. The average Bonchev–Trinajstić information content (AvgIpc) is 0.898. The van der Waals surface area contributed by atoms with Gasteiger partial charge in [0, 0.05) is 39.3 Å². The topological polar surface area (TPSA) is 81.1 Å². The van der Waals surface area contributed by atoms with Crippen molar-refractivity contribution in [2.75, 3.05) is 4.90 Å². The quantitative estimate of drug-likeness (QED) is 0.0747. The highest BCUT2D eigenvalue weighted by Gasteiger charge is 2.43. The van der Waals surface area contributed by atoms with E-state index >= 15 is 0 Å². The maximum absolute atomic E-state index is 6.38. The molecule has 13 aromatic rings. The Morgan fingerprint density at radius 1 is 0.261 bits per heavy atom. The van der Waals surface area contributed by atoms with E-state index in [1.807, 2.05) is 0 Å². The van der Waals surface area contributed by atoms with E-state index in [4.69, 9.17) is 8.83 Å². The molecule has 0 atom stereocenters. The summed E-state index contributed by atoms with van der Waals surface area (Å²) >= 11 is 0. The van der Waals surface area contributed by atoms with Crippen LogP contribution in [0.3, 0.4) is 0 Å². The molecule has 0 spiro atoms. The second-order valence-corrected chi connectivity index (χ2v) is 32.5. The lowest BCUT2D eigenvalue weighted by Crippen LogP contribution is -2.74. The molecular weight excluding hydrogens is 1110 g/mol. The fraction of sp³-hybridized carbons (Fsp3) is 0.114. The number of aromatic nitrogens is 4. The zero-order valence-corrected chi connectivity index (χ0v) is 52.8. The van der Waals surface area contributed by atoms with Gasteiger partial charge in [-0.2, -0.15) is 0 Å². The van der Waals surface area contributed by atoms with Crippen LogP contribution in [0.5, 0.6) is 0 Å². The van der Waals surface area contributed by atoms with E-state index in [0.29, 0.717) is 23.6 Å². The fourth-order valence-corrected chi connectivity index (χ4v) is 21.9. The van der Waals surface area contributed by atoms with E-state index in [1.165, 1.54) is 58.2 Å². The molecule has 9 heteroatoms. The van der Waals surface area contributed by atoms with Gasteiger partial charge < -0.3 is 13.7 Å². The summed E-state index contributed by atoms with van der Waals surface area (Å²) in [5, 5.41) is 28.2. The number of benzene rings is 11. The molecule has 0 aliphatic carbocycles. The van der Waals surface area contributed by atoms with Crippen molar-refractivity contribution in [1.29, 1.82) is 0 Å². The summed E-state index contributed by atoms with van der Waals surface area (Å²) in [6.45, 7) is 15.4. The molecule has 0 bridgehead atoms. The lowest BCUT2D eigenvalue weighted by atomic mass is 9.87. The predicted octanol–water partition coefficient (Wildman–Crippen LogP) is 14.2. The standard InChI is InChI=1S/C79H69N5O2Si2/c1-56-28-42-63(43-29-56)84(64-44-52-72(53-45-64)87(66-20-12-8-13-21-66,67-22-14-9-15-23-67)70-48-34-59(35-49-70)76-82-80-74(85-76)57-30-38-61(39-31-57)78(2,3)4)65-46-54-73(55-47-65)88(68-24-16-10-17-25-68,69-26-18-11-19-27-69)71-50-36-60(37-51-71)77-83-81-75(86-77)58-32-40-62(41-33-58)79(5,6)7/h8-55H,1-7H3. The van der Waals surface area contributed by atoms with E-state index < -0.39 is 16.1 Å². The van der Waals surface area contributed by atoms with Gasteiger partial charge in [-0.25, -0.2) is 0 Å². The molecule has 0 unspecified atom stereocenters. The first-order valence-corrected chi connectivity index (χ1v) is 34.2. The number of hydrogen-bond acceptors (Lipinski definition) is 7. The number of aryl methyl sites for hydroxylation is 1. The molecule has 2 heterocycles. The van der Waals surface area contributed by atoms with Gasteiger partial charge in [0.25, 0.3) is 0 Å². The van der Waals surface area contributed by atoms with Crippen LogP contribution in [0, 0.1) is 6.92 Å². The Morgan fingerprint density at radius 3 is 0.727 bits per heavy atom. The van der Waals surface area contributed by atoms with E-state index in [2.05, 4.69) is 365 Å². The minimum absolute atomic E-state index is 0.0437. The van der Waals surface area contributed by atoms with Crippen molar-refractivity contribution >= 4 is 74.7 Å². The normalized spacial score (nSPS) is 12.0. The molecule has 2 aromatic heterocycles. The van der Waals surface area contributed by atoms with Crippen LogP contribution in [0.1, 0.15) is 58.2 Å². The van der Waals surface area contributed by atoms with Gasteiger partial charge in [0.05, 0.1) is 0 Å². The second kappa shape index (κ2) is 23.7. The average molecular weight is 1180 g/mol. The largest absolute Gasteiger partial charge is 0.416 e.